The Kier molecular flexibility index (Phi) is 8.96. The highest BCUT2D eigenvalue weighted by atomic mass is 35.5. The van der Waals surface area contributed by atoms with Gasteiger partial charge in [0.05, 0.1) is 24.4 Å². The van der Waals surface area contributed by atoms with Gasteiger partial charge in [0.25, 0.3) is 5.91 Å². The third-order valence-corrected chi connectivity index (χ3v) is 6.27. The van der Waals surface area contributed by atoms with Crippen molar-refractivity contribution in [2.24, 2.45) is 0 Å². The molecule has 3 aromatic carbocycles. The van der Waals surface area contributed by atoms with Crippen molar-refractivity contribution in [3.05, 3.63) is 87.5 Å². The van der Waals surface area contributed by atoms with Gasteiger partial charge >= 0.3 is 6.03 Å². The highest BCUT2D eigenvalue weighted by Crippen LogP contribution is 2.38. The molecular weight excluding hydrogens is 545 g/mol. The Bertz CT molecular complexity index is 1440. The Morgan fingerprint density at radius 1 is 1.00 bits per heavy atom. The molecule has 4 amide bonds. The highest BCUT2D eigenvalue weighted by Gasteiger charge is 2.35. The third kappa shape index (κ3) is 6.63. The molecule has 0 bridgehead atoms. The fourth-order valence-corrected chi connectivity index (χ4v) is 4.27. The maximum atomic E-state index is 13.0. The Labute approximate surface area is 235 Å². The van der Waals surface area contributed by atoms with E-state index in [1.165, 1.54) is 13.2 Å². The minimum Gasteiger partial charge on any atom is -0.495 e. The van der Waals surface area contributed by atoms with Gasteiger partial charge in [-0.25, -0.2) is 9.69 Å². The fraction of sp³-hybridized carbons (Fsp3) is 0.179. The molecule has 0 radical (unpaired) electrons. The Hall–Kier alpha value is -4.21. The van der Waals surface area contributed by atoms with Crippen molar-refractivity contribution in [3.63, 3.8) is 0 Å². The van der Waals surface area contributed by atoms with Crippen LogP contribution >= 0.6 is 23.2 Å². The SMILES string of the molecule is CCOc1cc(/C=C2/NC(=O)N(CC(=O)Nc3ccccc3OC)C2=O)cc(Cl)c1OCc1ccccc1Cl. The second-order valence-corrected chi connectivity index (χ2v) is 9.09. The molecule has 0 atom stereocenters. The van der Waals surface area contributed by atoms with Gasteiger partial charge in [-0.05, 0) is 48.9 Å². The van der Waals surface area contributed by atoms with Crippen molar-refractivity contribution in [1.82, 2.24) is 10.2 Å². The summed E-state index contributed by atoms with van der Waals surface area (Å²) in [4.78, 5) is 38.8. The zero-order valence-electron chi connectivity index (χ0n) is 21.1. The van der Waals surface area contributed by atoms with E-state index >= 15 is 0 Å². The summed E-state index contributed by atoms with van der Waals surface area (Å²) in [5, 5.41) is 5.94. The number of carbonyl (C=O) groups is 3. The molecule has 0 aliphatic carbocycles. The van der Waals surface area contributed by atoms with E-state index in [9.17, 15) is 14.4 Å². The molecule has 9 nitrogen and oxygen atoms in total. The predicted octanol–water partition coefficient (Wildman–Crippen LogP) is 5.51. The number of hydrogen-bond acceptors (Lipinski definition) is 6. The van der Waals surface area contributed by atoms with Gasteiger partial charge in [0.15, 0.2) is 11.5 Å². The van der Waals surface area contributed by atoms with Gasteiger partial charge in [0.1, 0.15) is 24.6 Å². The van der Waals surface area contributed by atoms with Crippen molar-refractivity contribution < 1.29 is 28.6 Å². The first-order chi connectivity index (χ1) is 18.8. The summed E-state index contributed by atoms with van der Waals surface area (Å²) in [6, 6.07) is 16.6. The van der Waals surface area contributed by atoms with Crippen molar-refractivity contribution >= 4 is 52.8 Å². The number of para-hydroxylation sites is 2. The summed E-state index contributed by atoms with van der Waals surface area (Å²) in [6.07, 6.45) is 1.45. The average molecular weight is 570 g/mol. The standard InChI is InChI=1S/C28H25Cl2N3O6/c1-3-38-24-14-17(12-20(30)26(24)39-16-18-8-4-5-9-19(18)29)13-22-27(35)33(28(36)32-22)15-25(34)31-21-10-6-7-11-23(21)37-2/h4-14H,3,15-16H2,1-2H3,(H,31,34)(H,32,36)/b22-13+. The van der Waals surface area contributed by atoms with Crippen LogP contribution in [0.15, 0.2) is 66.4 Å². The van der Waals surface area contributed by atoms with E-state index in [1.54, 1.807) is 42.5 Å². The van der Waals surface area contributed by atoms with E-state index in [0.29, 0.717) is 40.1 Å². The van der Waals surface area contributed by atoms with E-state index in [1.807, 2.05) is 25.1 Å². The van der Waals surface area contributed by atoms with Gasteiger partial charge < -0.3 is 24.8 Å². The number of hydrogen-bond donors (Lipinski definition) is 2. The quantitative estimate of drug-likeness (QED) is 0.246. The molecule has 2 N–H and O–H groups in total. The molecular formula is C28H25Cl2N3O6. The van der Waals surface area contributed by atoms with Crippen LogP contribution in [0.1, 0.15) is 18.1 Å². The lowest BCUT2D eigenvalue weighted by molar-refractivity contribution is -0.127. The number of carbonyl (C=O) groups excluding carboxylic acids is 3. The number of methoxy groups -OCH3 is 1. The summed E-state index contributed by atoms with van der Waals surface area (Å²) in [7, 11) is 1.47. The summed E-state index contributed by atoms with van der Waals surface area (Å²) < 4.78 is 16.8. The van der Waals surface area contributed by atoms with E-state index in [4.69, 9.17) is 37.4 Å². The van der Waals surface area contributed by atoms with Crippen LogP contribution in [0.25, 0.3) is 6.08 Å². The number of halogens is 2. The van der Waals surface area contributed by atoms with Gasteiger partial charge in [-0.15, -0.1) is 0 Å². The van der Waals surface area contributed by atoms with Gasteiger partial charge in [-0.1, -0.05) is 53.5 Å². The van der Waals surface area contributed by atoms with Gasteiger partial charge in [0.2, 0.25) is 5.91 Å². The van der Waals surface area contributed by atoms with E-state index in [2.05, 4.69) is 10.6 Å². The lowest BCUT2D eigenvalue weighted by atomic mass is 10.1. The maximum Gasteiger partial charge on any atom is 0.329 e. The Morgan fingerprint density at radius 3 is 2.49 bits per heavy atom. The van der Waals surface area contributed by atoms with Crippen molar-refractivity contribution in [2.75, 3.05) is 25.6 Å². The van der Waals surface area contributed by atoms with Crippen LogP contribution in [0.4, 0.5) is 10.5 Å². The molecule has 1 saturated heterocycles. The molecule has 0 aromatic heterocycles. The van der Waals surface area contributed by atoms with Crippen LogP contribution in [0.5, 0.6) is 17.2 Å². The number of ether oxygens (including phenoxy) is 3. The molecule has 0 saturated carbocycles. The van der Waals surface area contributed by atoms with Gasteiger partial charge in [-0.3, -0.25) is 9.59 Å². The van der Waals surface area contributed by atoms with Crippen molar-refractivity contribution in [1.29, 1.82) is 0 Å². The second kappa shape index (κ2) is 12.6. The van der Waals surface area contributed by atoms with Gasteiger partial charge in [-0.2, -0.15) is 0 Å². The Morgan fingerprint density at radius 2 is 1.74 bits per heavy atom. The molecule has 3 aromatic rings. The number of nitrogens with one attached hydrogen (secondary N) is 2. The third-order valence-electron chi connectivity index (χ3n) is 5.62. The number of benzene rings is 3. The van der Waals surface area contributed by atoms with Crippen LogP contribution < -0.4 is 24.8 Å². The number of nitrogens with zero attached hydrogens (tertiary/aromatic N) is 1. The van der Waals surface area contributed by atoms with Crippen LogP contribution in [-0.4, -0.2) is 43.0 Å². The van der Waals surface area contributed by atoms with Crippen LogP contribution in [0.2, 0.25) is 10.0 Å². The zero-order valence-corrected chi connectivity index (χ0v) is 22.6. The predicted molar refractivity (Wildman–Crippen MR) is 148 cm³/mol. The molecule has 0 spiro atoms. The summed E-state index contributed by atoms with van der Waals surface area (Å²) in [5.41, 5.74) is 1.66. The molecule has 11 heteroatoms. The first-order valence-electron chi connectivity index (χ1n) is 11.9. The summed E-state index contributed by atoms with van der Waals surface area (Å²) in [5.74, 6) is -0.107. The number of amides is 4. The number of urea groups is 1. The van der Waals surface area contributed by atoms with E-state index in [0.717, 1.165) is 10.5 Å². The molecule has 39 heavy (non-hydrogen) atoms. The molecule has 1 aliphatic heterocycles. The van der Waals surface area contributed by atoms with Crippen LogP contribution in [-0.2, 0) is 16.2 Å². The van der Waals surface area contributed by atoms with Crippen molar-refractivity contribution in [2.45, 2.75) is 13.5 Å². The molecule has 4 rings (SSSR count). The molecule has 1 heterocycles. The zero-order chi connectivity index (χ0) is 27.9. The lowest BCUT2D eigenvalue weighted by Gasteiger charge is -2.15. The minimum atomic E-state index is -0.725. The molecule has 1 aliphatic rings. The van der Waals surface area contributed by atoms with E-state index < -0.39 is 24.4 Å². The van der Waals surface area contributed by atoms with Crippen LogP contribution in [0, 0.1) is 0 Å². The fourth-order valence-electron chi connectivity index (χ4n) is 3.80. The maximum absolute atomic E-state index is 13.0. The summed E-state index contributed by atoms with van der Waals surface area (Å²) >= 11 is 12.7. The molecule has 202 valence electrons. The van der Waals surface area contributed by atoms with Crippen molar-refractivity contribution in [3.8, 4) is 17.2 Å². The second-order valence-electron chi connectivity index (χ2n) is 8.27. The lowest BCUT2D eigenvalue weighted by Crippen LogP contribution is -2.38. The first kappa shape index (κ1) is 27.8. The molecule has 1 fully saturated rings. The Balaban J connectivity index is 1.50. The molecule has 0 unspecified atom stereocenters. The first-order valence-corrected chi connectivity index (χ1v) is 12.7. The van der Waals surface area contributed by atoms with Crippen LogP contribution in [0.3, 0.4) is 0 Å². The van der Waals surface area contributed by atoms with Gasteiger partial charge in [0, 0.05) is 10.6 Å². The normalized spacial score (nSPS) is 13.8. The average Bonchev–Trinajstić information content (AvgIpc) is 3.16. The monoisotopic (exact) mass is 569 g/mol. The smallest absolute Gasteiger partial charge is 0.329 e. The summed E-state index contributed by atoms with van der Waals surface area (Å²) in [6.45, 7) is 1.83. The largest absolute Gasteiger partial charge is 0.495 e. The topological polar surface area (TPSA) is 106 Å². The van der Waals surface area contributed by atoms with E-state index in [-0.39, 0.29) is 17.3 Å². The highest BCUT2D eigenvalue weighted by molar-refractivity contribution is 6.32. The number of anilines is 1. The number of rotatable bonds is 10. The number of imide groups is 1. The minimum absolute atomic E-state index is 0.0201.